The van der Waals surface area contributed by atoms with Crippen LogP contribution in [0.2, 0.25) is 0 Å². The zero-order chi connectivity index (χ0) is 13.7. The Kier molecular flexibility index (Phi) is 2.52. The Bertz CT molecular complexity index is 819. The van der Waals surface area contributed by atoms with E-state index in [-0.39, 0.29) is 10.9 Å². The van der Waals surface area contributed by atoms with E-state index in [1.807, 2.05) is 0 Å². The Morgan fingerprint density at radius 2 is 1.37 bits per heavy atom. The predicted octanol–water partition coefficient (Wildman–Crippen LogP) is 5.03. The second-order valence-electron chi connectivity index (χ2n) is 4.81. The summed E-state index contributed by atoms with van der Waals surface area (Å²) in [6, 6.07) is 8.00. The maximum atomic E-state index is 14.1. The molecule has 0 unspecified atom stereocenters. The van der Waals surface area contributed by atoms with E-state index in [2.05, 4.69) is 0 Å². The van der Waals surface area contributed by atoms with Crippen LogP contribution in [0.4, 0.5) is 13.2 Å². The third-order valence-electron chi connectivity index (χ3n) is 3.46. The summed E-state index contributed by atoms with van der Waals surface area (Å²) in [5.41, 5.74) is 0.733. The van der Waals surface area contributed by atoms with E-state index in [1.54, 1.807) is 31.2 Å². The second-order valence-corrected chi connectivity index (χ2v) is 4.81. The van der Waals surface area contributed by atoms with Gasteiger partial charge in [-0.25, -0.2) is 13.2 Å². The molecule has 3 rings (SSSR count). The molecule has 0 N–H and O–H groups in total. The lowest BCUT2D eigenvalue weighted by Gasteiger charge is -2.09. The van der Waals surface area contributed by atoms with Crippen LogP contribution in [0.15, 0.2) is 30.3 Å². The third-order valence-corrected chi connectivity index (χ3v) is 3.46. The molecule has 0 aliphatic rings. The van der Waals surface area contributed by atoms with Crippen LogP contribution >= 0.6 is 0 Å². The number of hydrogen-bond acceptors (Lipinski definition) is 0. The van der Waals surface area contributed by atoms with Crippen molar-refractivity contribution in [2.24, 2.45) is 0 Å². The van der Waals surface area contributed by atoms with E-state index in [0.717, 1.165) is 0 Å². The summed E-state index contributed by atoms with van der Waals surface area (Å²) in [6.07, 6.45) is 0. The molecule has 0 saturated carbocycles. The molecule has 0 aliphatic heterocycles. The van der Waals surface area contributed by atoms with Gasteiger partial charge in [0, 0.05) is 5.39 Å². The van der Waals surface area contributed by atoms with Gasteiger partial charge >= 0.3 is 0 Å². The number of aryl methyl sites for hydroxylation is 2. The minimum absolute atomic E-state index is 0.138. The van der Waals surface area contributed by atoms with E-state index in [0.29, 0.717) is 21.7 Å². The molecule has 0 nitrogen and oxygen atoms in total. The Balaban J connectivity index is 2.59. The summed E-state index contributed by atoms with van der Waals surface area (Å²) in [5.74, 6) is -2.20. The van der Waals surface area contributed by atoms with E-state index < -0.39 is 17.5 Å². The number of rotatable bonds is 0. The smallest absolute Gasteiger partial charge is 0.167 e. The van der Waals surface area contributed by atoms with Crippen molar-refractivity contribution in [3.63, 3.8) is 0 Å². The first-order valence-electron chi connectivity index (χ1n) is 5.96. The molecule has 0 saturated heterocycles. The van der Waals surface area contributed by atoms with Gasteiger partial charge in [0.15, 0.2) is 11.6 Å². The van der Waals surface area contributed by atoms with Crippen LogP contribution in [0, 0.1) is 31.3 Å². The lowest BCUT2D eigenvalue weighted by molar-refractivity contribution is 0.512. The average molecular weight is 260 g/mol. The number of halogens is 3. The number of hydrogen-bond donors (Lipinski definition) is 0. The number of fused-ring (bicyclic) bond motifs is 3. The molecule has 0 bridgehead atoms. The highest BCUT2D eigenvalue weighted by Gasteiger charge is 2.14. The normalized spacial score (nSPS) is 11.4. The highest BCUT2D eigenvalue weighted by atomic mass is 19.2. The van der Waals surface area contributed by atoms with Gasteiger partial charge in [0.2, 0.25) is 0 Å². The molecule has 0 fully saturated rings. The van der Waals surface area contributed by atoms with Gasteiger partial charge < -0.3 is 0 Å². The zero-order valence-corrected chi connectivity index (χ0v) is 10.5. The molecular formula is C16H11F3. The highest BCUT2D eigenvalue weighted by Crippen LogP contribution is 2.31. The van der Waals surface area contributed by atoms with E-state index >= 15 is 0 Å². The molecule has 0 aromatic heterocycles. The lowest BCUT2D eigenvalue weighted by atomic mass is 9.98. The van der Waals surface area contributed by atoms with Crippen LogP contribution in [0.25, 0.3) is 21.5 Å². The summed E-state index contributed by atoms with van der Waals surface area (Å²) >= 11 is 0. The topological polar surface area (TPSA) is 0 Å². The molecule has 3 aromatic carbocycles. The minimum atomic E-state index is -0.913. The molecule has 19 heavy (non-hydrogen) atoms. The standard InChI is InChI=1S/C16H11F3/c1-8-5-10-3-4-11-6-9(2)15(18)16(19)14(11)12(10)7-13(8)17/h3-7H,1-2H3. The van der Waals surface area contributed by atoms with Crippen molar-refractivity contribution >= 4 is 21.5 Å². The Labute approximate surface area is 108 Å². The molecular weight excluding hydrogens is 249 g/mol. The van der Waals surface area contributed by atoms with Crippen molar-refractivity contribution in [1.82, 2.24) is 0 Å². The Hall–Kier alpha value is -2.03. The third kappa shape index (κ3) is 1.69. The van der Waals surface area contributed by atoms with Crippen molar-refractivity contribution in [3.8, 4) is 0 Å². The summed E-state index contributed by atoms with van der Waals surface area (Å²) in [7, 11) is 0. The molecule has 3 aromatic rings. The van der Waals surface area contributed by atoms with E-state index in [9.17, 15) is 13.2 Å². The second kappa shape index (κ2) is 3.98. The highest BCUT2D eigenvalue weighted by molar-refractivity contribution is 6.08. The average Bonchev–Trinajstić information content (AvgIpc) is 2.37. The van der Waals surface area contributed by atoms with Crippen molar-refractivity contribution < 1.29 is 13.2 Å². The van der Waals surface area contributed by atoms with E-state index in [4.69, 9.17) is 0 Å². The van der Waals surface area contributed by atoms with Crippen LogP contribution in [0.5, 0.6) is 0 Å². The maximum Gasteiger partial charge on any atom is 0.167 e. The fourth-order valence-electron chi connectivity index (χ4n) is 2.42. The van der Waals surface area contributed by atoms with Crippen LogP contribution in [0.3, 0.4) is 0 Å². The number of benzene rings is 3. The van der Waals surface area contributed by atoms with Gasteiger partial charge in [0.1, 0.15) is 5.82 Å². The summed E-state index contributed by atoms with van der Waals surface area (Å²) in [5, 5.41) is 1.82. The van der Waals surface area contributed by atoms with Crippen LogP contribution in [0.1, 0.15) is 11.1 Å². The summed E-state index contributed by atoms with van der Waals surface area (Å²) in [6.45, 7) is 3.16. The first kappa shape index (κ1) is 12.0. The van der Waals surface area contributed by atoms with E-state index in [1.165, 1.54) is 13.0 Å². The lowest BCUT2D eigenvalue weighted by Crippen LogP contribution is -1.93. The minimum Gasteiger partial charge on any atom is -0.207 e. The SMILES string of the molecule is Cc1cc2ccc3cc(C)c(F)c(F)c3c2cc1F. The predicted molar refractivity (Wildman–Crippen MR) is 70.8 cm³/mol. The molecule has 0 amide bonds. The van der Waals surface area contributed by atoms with Crippen molar-refractivity contribution in [3.05, 3.63) is 58.9 Å². The fraction of sp³-hybridized carbons (Fsp3) is 0.125. The maximum absolute atomic E-state index is 14.1. The monoisotopic (exact) mass is 260 g/mol. The quantitative estimate of drug-likeness (QED) is 0.497. The van der Waals surface area contributed by atoms with Gasteiger partial charge in [-0.2, -0.15) is 0 Å². The molecule has 96 valence electrons. The van der Waals surface area contributed by atoms with Crippen LogP contribution in [-0.4, -0.2) is 0 Å². The molecule has 0 heterocycles. The van der Waals surface area contributed by atoms with Crippen LogP contribution in [-0.2, 0) is 0 Å². The zero-order valence-electron chi connectivity index (χ0n) is 10.5. The van der Waals surface area contributed by atoms with Crippen molar-refractivity contribution in [2.45, 2.75) is 13.8 Å². The first-order chi connectivity index (χ1) is 8.99. The molecule has 0 spiro atoms. The van der Waals surface area contributed by atoms with Gasteiger partial charge in [0.05, 0.1) is 0 Å². The Morgan fingerprint density at radius 3 is 2.11 bits per heavy atom. The van der Waals surface area contributed by atoms with Gasteiger partial charge in [-0.15, -0.1) is 0 Å². The summed E-state index contributed by atoms with van der Waals surface area (Å²) in [4.78, 5) is 0. The van der Waals surface area contributed by atoms with Gasteiger partial charge in [-0.1, -0.05) is 12.1 Å². The van der Waals surface area contributed by atoms with Gasteiger partial charge in [-0.3, -0.25) is 0 Å². The largest absolute Gasteiger partial charge is 0.207 e. The van der Waals surface area contributed by atoms with Gasteiger partial charge in [-0.05, 0) is 59.3 Å². The van der Waals surface area contributed by atoms with Crippen molar-refractivity contribution in [2.75, 3.05) is 0 Å². The summed E-state index contributed by atoms with van der Waals surface area (Å²) < 4.78 is 41.5. The molecule has 0 atom stereocenters. The fourth-order valence-corrected chi connectivity index (χ4v) is 2.42. The van der Waals surface area contributed by atoms with Crippen LogP contribution < -0.4 is 0 Å². The van der Waals surface area contributed by atoms with Gasteiger partial charge in [0.25, 0.3) is 0 Å². The Morgan fingerprint density at radius 1 is 0.737 bits per heavy atom. The molecule has 3 heteroatoms. The molecule has 0 radical (unpaired) electrons. The molecule has 0 aliphatic carbocycles. The first-order valence-corrected chi connectivity index (χ1v) is 5.96. The van der Waals surface area contributed by atoms with Crippen molar-refractivity contribution in [1.29, 1.82) is 0 Å².